The minimum Gasteiger partial charge on any atom is -0.330 e. The lowest BCUT2D eigenvalue weighted by atomic mass is 10.1. The molecule has 1 aromatic carbocycles. The first-order chi connectivity index (χ1) is 8.24. The standard InChI is InChI=1S/C11H10F5NO/c1-2-17(6-11(14,15)16)10(18)8-5-7(12)3-4-9(8)13/h3-5H,2,6H2,1H3. The quantitative estimate of drug-likeness (QED) is 0.771. The zero-order chi connectivity index (χ0) is 13.9. The largest absolute Gasteiger partial charge is 0.406 e. The van der Waals surface area contributed by atoms with Gasteiger partial charge in [0.25, 0.3) is 5.91 Å². The molecule has 0 saturated heterocycles. The Kier molecular flexibility index (Phi) is 4.26. The predicted octanol–water partition coefficient (Wildman–Crippen LogP) is 2.99. The molecule has 0 fully saturated rings. The average Bonchev–Trinajstić information content (AvgIpc) is 2.27. The van der Waals surface area contributed by atoms with Gasteiger partial charge in [0.05, 0.1) is 5.56 Å². The Morgan fingerprint density at radius 2 is 1.89 bits per heavy atom. The summed E-state index contributed by atoms with van der Waals surface area (Å²) >= 11 is 0. The maximum Gasteiger partial charge on any atom is 0.406 e. The van der Waals surface area contributed by atoms with Gasteiger partial charge in [-0.3, -0.25) is 4.79 Å². The number of hydrogen-bond acceptors (Lipinski definition) is 1. The maximum absolute atomic E-state index is 13.3. The van der Waals surface area contributed by atoms with Crippen molar-refractivity contribution in [3.63, 3.8) is 0 Å². The van der Waals surface area contributed by atoms with Crippen LogP contribution in [0.3, 0.4) is 0 Å². The minimum absolute atomic E-state index is 0.256. The molecule has 0 aliphatic rings. The van der Waals surface area contributed by atoms with E-state index in [9.17, 15) is 26.7 Å². The third-order valence-electron chi connectivity index (χ3n) is 2.20. The van der Waals surface area contributed by atoms with Gasteiger partial charge in [0.15, 0.2) is 0 Å². The van der Waals surface area contributed by atoms with Gasteiger partial charge in [0.2, 0.25) is 0 Å². The van der Waals surface area contributed by atoms with Gasteiger partial charge < -0.3 is 4.90 Å². The molecule has 0 saturated carbocycles. The highest BCUT2D eigenvalue weighted by Gasteiger charge is 2.33. The highest BCUT2D eigenvalue weighted by atomic mass is 19.4. The van der Waals surface area contributed by atoms with Crippen LogP contribution in [-0.4, -0.2) is 30.1 Å². The molecule has 0 spiro atoms. The highest BCUT2D eigenvalue weighted by Crippen LogP contribution is 2.19. The molecule has 0 unspecified atom stereocenters. The van der Waals surface area contributed by atoms with E-state index in [1.807, 2.05) is 0 Å². The molecule has 0 atom stereocenters. The van der Waals surface area contributed by atoms with E-state index in [2.05, 4.69) is 0 Å². The number of carbonyl (C=O) groups is 1. The van der Waals surface area contributed by atoms with Crippen molar-refractivity contribution < 1.29 is 26.7 Å². The first-order valence-corrected chi connectivity index (χ1v) is 5.05. The van der Waals surface area contributed by atoms with Crippen LogP contribution >= 0.6 is 0 Å². The average molecular weight is 267 g/mol. The summed E-state index contributed by atoms with van der Waals surface area (Å²) in [7, 11) is 0. The lowest BCUT2D eigenvalue weighted by Crippen LogP contribution is -2.39. The molecule has 1 rings (SSSR count). The van der Waals surface area contributed by atoms with Crippen LogP contribution in [0.1, 0.15) is 17.3 Å². The number of rotatable bonds is 3. The number of amides is 1. The van der Waals surface area contributed by atoms with Crippen molar-refractivity contribution in [3.05, 3.63) is 35.4 Å². The van der Waals surface area contributed by atoms with Gasteiger partial charge >= 0.3 is 6.18 Å². The van der Waals surface area contributed by atoms with Crippen LogP contribution in [0.15, 0.2) is 18.2 Å². The molecular formula is C11H10F5NO. The highest BCUT2D eigenvalue weighted by molar-refractivity contribution is 5.94. The Hall–Kier alpha value is -1.66. The summed E-state index contributed by atoms with van der Waals surface area (Å²) in [4.78, 5) is 12.0. The Labute approximate surface area is 100 Å². The molecule has 0 aliphatic heterocycles. The molecule has 0 aromatic heterocycles. The Morgan fingerprint density at radius 3 is 2.39 bits per heavy atom. The van der Waals surface area contributed by atoms with E-state index in [0.29, 0.717) is 17.0 Å². The Balaban J connectivity index is 3.00. The first-order valence-electron chi connectivity index (χ1n) is 5.05. The zero-order valence-electron chi connectivity index (χ0n) is 9.39. The van der Waals surface area contributed by atoms with E-state index in [4.69, 9.17) is 0 Å². The van der Waals surface area contributed by atoms with Crippen LogP contribution in [0, 0.1) is 11.6 Å². The van der Waals surface area contributed by atoms with Crippen molar-refractivity contribution in [2.24, 2.45) is 0 Å². The normalized spacial score (nSPS) is 11.4. The molecule has 0 aliphatic carbocycles. The van der Waals surface area contributed by atoms with Crippen LogP contribution in [0.5, 0.6) is 0 Å². The maximum atomic E-state index is 13.3. The molecule has 18 heavy (non-hydrogen) atoms. The van der Waals surface area contributed by atoms with Crippen molar-refractivity contribution in [3.8, 4) is 0 Å². The molecule has 0 heterocycles. The van der Waals surface area contributed by atoms with Crippen LogP contribution < -0.4 is 0 Å². The van der Waals surface area contributed by atoms with Crippen LogP contribution in [-0.2, 0) is 0 Å². The Morgan fingerprint density at radius 1 is 1.28 bits per heavy atom. The number of carbonyl (C=O) groups excluding carboxylic acids is 1. The lowest BCUT2D eigenvalue weighted by molar-refractivity contribution is -0.140. The first kappa shape index (κ1) is 14.4. The summed E-state index contributed by atoms with van der Waals surface area (Å²) in [5.41, 5.74) is -0.707. The number of hydrogen-bond donors (Lipinski definition) is 0. The molecule has 0 radical (unpaired) electrons. The number of halogens is 5. The molecule has 1 aromatic rings. The summed E-state index contributed by atoms with van der Waals surface area (Å²) in [6.07, 6.45) is -4.59. The van der Waals surface area contributed by atoms with E-state index in [1.54, 1.807) is 0 Å². The van der Waals surface area contributed by atoms with Gasteiger partial charge in [-0.15, -0.1) is 0 Å². The molecule has 0 N–H and O–H groups in total. The van der Waals surface area contributed by atoms with E-state index < -0.39 is 35.8 Å². The topological polar surface area (TPSA) is 20.3 Å². The van der Waals surface area contributed by atoms with Crippen molar-refractivity contribution in [2.45, 2.75) is 13.1 Å². The molecule has 0 bridgehead atoms. The van der Waals surface area contributed by atoms with Gasteiger partial charge in [0, 0.05) is 6.54 Å². The van der Waals surface area contributed by atoms with Crippen molar-refractivity contribution in [1.82, 2.24) is 4.90 Å². The molecule has 1 amide bonds. The summed E-state index contributed by atoms with van der Waals surface area (Å²) < 4.78 is 62.7. The molecule has 100 valence electrons. The third kappa shape index (κ3) is 3.68. The lowest BCUT2D eigenvalue weighted by Gasteiger charge is -2.22. The third-order valence-corrected chi connectivity index (χ3v) is 2.20. The van der Waals surface area contributed by atoms with Gasteiger partial charge in [-0.25, -0.2) is 8.78 Å². The van der Waals surface area contributed by atoms with Crippen LogP contribution in [0.25, 0.3) is 0 Å². The van der Waals surface area contributed by atoms with Crippen LogP contribution in [0.4, 0.5) is 22.0 Å². The fourth-order valence-corrected chi connectivity index (χ4v) is 1.38. The monoisotopic (exact) mass is 267 g/mol. The van der Waals surface area contributed by atoms with E-state index >= 15 is 0 Å². The van der Waals surface area contributed by atoms with Gasteiger partial charge in [-0.1, -0.05) is 0 Å². The zero-order valence-corrected chi connectivity index (χ0v) is 9.39. The fraction of sp³-hybridized carbons (Fsp3) is 0.364. The fourth-order valence-electron chi connectivity index (χ4n) is 1.38. The molecule has 7 heteroatoms. The molecule has 2 nitrogen and oxygen atoms in total. The summed E-state index contributed by atoms with van der Waals surface area (Å²) in [6.45, 7) is -0.437. The number of alkyl halides is 3. The second-order valence-corrected chi connectivity index (χ2v) is 3.56. The van der Waals surface area contributed by atoms with E-state index in [1.165, 1.54) is 6.92 Å². The SMILES string of the molecule is CCN(CC(F)(F)F)C(=O)c1cc(F)ccc1F. The van der Waals surface area contributed by atoms with Gasteiger partial charge in [-0.05, 0) is 25.1 Å². The van der Waals surface area contributed by atoms with Gasteiger partial charge in [-0.2, -0.15) is 13.2 Å². The van der Waals surface area contributed by atoms with E-state index in [0.717, 1.165) is 6.07 Å². The van der Waals surface area contributed by atoms with Gasteiger partial charge in [0.1, 0.15) is 18.2 Å². The second kappa shape index (κ2) is 5.32. The predicted molar refractivity (Wildman–Crippen MR) is 54.0 cm³/mol. The van der Waals surface area contributed by atoms with Crippen molar-refractivity contribution >= 4 is 5.91 Å². The van der Waals surface area contributed by atoms with Crippen molar-refractivity contribution in [1.29, 1.82) is 0 Å². The summed E-state index contributed by atoms with van der Waals surface area (Å²) in [6, 6.07) is 2.06. The summed E-state index contributed by atoms with van der Waals surface area (Å²) in [5, 5.41) is 0. The second-order valence-electron chi connectivity index (χ2n) is 3.56. The number of benzene rings is 1. The minimum atomic E-state index is -4.59. The smallest absolute Gasteiger partial charge is 0.330 e. The van der Waals surface area contributed by atoms with E-state index in [-0.39, 0.29) is 6.54 Å². The summed E-state index contributed by atoms with van der Waals surface area (Å²) in [5.74, 6) is -3.13. The van der Waals surface area contributed by atoms with Crippen molar-refractivity contribution in [2.75, 3.05) is 13.1 Å². The number of nitrogens with zero attached hydrogens (tertiary/aromatic N) is 1. The Bertz CT molecular complexity index is 444. The van der Waals surface area contributed by atoms with Crippen LogP contribution in [0.2, 0.25) is 0 Å². The molecular weight excluding hydrogens is 257 g/mol.